The second-order valence-electron chi connectivity index (χ2n) is 5.89. The number of halogens is 1. The van der Waals surface area contributed by atoms with Crippen LogP contribution in [0.2, 0.25) is 0 Å². The third kappa shape index (κ3) is 3.33. The fraction of sp³-hybridized carbons (Fsp3) is 0.353. The number of amides is 2. The van der Waals surface area contributed by atoms with Gasteiger partial charge in [-0.15, -0.1) is 0 Å². The highest BCUT2D eigenvalue weighted by atomic mass is 19.1. The molecule has 132 valence electrons. The number of rotatable bonds is 3. The molecular weight excluding hydrogens is 325 g/mol. The number of anilines is 1. The maximum absolute atomic E-state index is 13.1. The van der Waals surface area contributed by atoms with E-state index in [4.69, 9.17) is 0 Å². The van der Waals surface area contributed by atoms with Crippen LogP contribution in [0.1, 0.15) is 10.5 Å². The first-order chi connectivity index (χ1) is 12.0. The highest BCUT2D eigenvalue weighted by Crippen LogP contribution is 2.21. The zero-order valence-corrected chi connectivity index (χ0v) is 14.1. The molecule has 2 amide bonds. The molecule has 1 atom stereocenters. The molecule has 1 fully saturated rings. The average molecular weight is 345 g/mol. The molecule has 1 unspecified atom stereocenters. The lowest BCUT2D eigenvalue weighted by Crippen LogP contribution is -2.60. The number of aromatic nitrogens is 2. The minimum Gasteiger partial charge on any atom is -0.367 e. The molecule has 0 saturated carbocycles. The SMILES string of the molecule is CNC(=O)C1CN(c2ccc(F)cc2)CCN1C(=O)c1ccnn1C. The summed E-state index contributed by atoms with van der Waals surface area (Å²) in [6.45, 7) is 1.29. The van der Waals surface area contributed by atoms with Crippen LogP contribution < -0.4 is 10.2 Å². The lowest BCUT2D eigenvalue weighted by Gasteiger charge is -2.41. The van der Waals surface area contributed by atoms with Crippen molar-refractivity contribution in [3.8, 4) is 0 Å². The maximum atomic E-state index is 13.1. The number of aryl methyl sites for hydroxylation is 1. The van der Waals surface area contributed by atoms with E-state index in [1.165, 1.54) is 16.8 Å². The van der Waals surface area contributed by atoms with Crippen molar-refractivity contribution in [3.63, 3.8) is 0 Å². The van der Waals surface area contributed by atoms with Crippen molar-refractivity contribution in [1.82, 2.24) is 20.0 Å². The zero-order chi connectivity index (χ0) is 18.0. The van der Waals surface area contributed by atoms with E-state index in [2.05, 4.69) is 10.4 Å². The van der Waals surface area contributed by atoms with Gasteiger partial charge in [0.1, 0.15) is 17.6 Å². The number of likely N-dealkylation sites (N-methyl/N-ethyl adjacent to an activating group) is 1. The van der Waals surface area contributed by atoms with E-state index in [9.17, 15) is 14.0 Å². The van der Waals surface area contributed by atoms with Crippen LogP contribution in [0, 0.1) is 5.82 Å². The number of carbonyl (C=O) groups is 2. The van der Waals surface area contributed by atoms with E-state index in [0.29, 0.717) is 25.3 Å². The molecular formula is C17H20FN5O2. The van der Waals surface area contributed by atoms with E-state index in [1.54, 1.807) is 43.4 Å². The minimum atomic E-state index is -0.633. The van der Waals surface area contributed by atoms with Crippen LogP contribution in [0.3, 0.4) is 0 Å². The van der Waals surface area contributed by atoms with E-state index in [-0.39, 0.29) is 17.6 Å². The molecule has 25 heavy (non-hydrogen) atoms. The van der Waals surface area contributed by atoms with Crippen LogP contribution in [-0.2, 0) is 11.8 Å². The van der Waals surface area contributed by atoms with Gasteiger partial charge >= 0.3 is 0 Å². The Labute approximate surface area is 145 Å². The van der Waals surface area contributed by atoms with Gasteiger partial charge in [0.15, 0.2) is 0 Å². The second kappa shape index (κ2) is 6.92. The van der Waals surface area contributed by atoms with Crippen molar-refractivity contribution in [2.75, 3.05) is 31.6 Å². The lowest BCUT2D eigenvalue weighted by molar-refractivity contribution is -0.125. The van der Waals surface area contributed by atoms with Gasteiger partial charge in [0, 0.05) is 45.6 Å². The number of hydrogen-bond donors (Lipinski definition) is 1. The van der Waals surface area contributed by atoms with Gasteiger partial charge in [-0.05, 0) is 30.3 Å². The van der Waals surface area contributed by atoms with Crippen molar-refractivity contribution in [2.45, 2.75) is 6.04 Å². The molecule has 2 aromatic rings. The van der Waals surface area contributed by atoms with Gasteiger partial charge in [-0.25, -0.2) is 4.39 Å². The monoisotopic (exact) mass is 345 g/mol. The van der Waals surface area contributed by atoms with Crippen molar-refractivity contribution in [2.24, 2.45) is 7.05 Å². The van der Waals surface area contributed by atoms with Gasteiger partial charge in [-0.2, -0.15) is 5.10 Å². The molecule has 8 heteroatoms. The molecule has 1 N–H and O–H groups in total. The summed E-state index contributed by atoms with van der Waals surface area (Å²) in [4.78, 5) is 28.7. The lowest BCUT2D eigenvalue weighted by atomic mass is 10.1. The van der Waals surface area contributed by atoms with Crippen LogP contribution in [-0.4, -0.2) is 59.2 Å². The molecule has 1 aromatic carbocycles. The smallest absolute Gasteiger partial charge is 0.272 e. The zero-order valence-electron chi connectivity index (χ0n) is 14.1. The Bertz CT molecular complexity index is 774. The fourth-order valence-corrected chi connectivity index (χ4v) is 3.03. The quantitative estimate of drug-likeness (QED) is 0.886. The van der Waals surface area contributed by atoms with Crippen LogP contribution in [0.4, 0.5) is 10.1 Å². The summed E-state index contributed by atoms with van der Waals surface area (Å²) in [5.41, 5.74) is 1.26. The normalized spacial score (nSPS) is 17.5. The highest BCUT2D eigenvalue weighted by Gasteiger charge is 2.36. The van der Waals surface area contributed by atoms with Gasteiger partial charge in [-0.3, -0.25) is 14.3 Å². The molecule has 1 aliphatic rings. The summed E-state index contributed by atoms with van der Waals surface area (Å²) in [5, 5.41) is 6.63. The molecule has 0 radical (unpaired) electrons. The molecule has 2 heterocycles. The number of nitrogens with zero attached hydrogens (tertiary/aromatic N) is 4. The number of hydrogen-bond acceptors (Lipinski definition) is 4. The Hall–Kier alpha value is -2.90. The summed E-state index contributed by atoms with van der Waals surface area (Å²) in [5.74, 6) is -0.772. The number of carbonyl (C=O) groups excluding carboxylic acids is 2. The predicted octanol–water partition coefficient (Wildman–Crippen LogP) is 0.636. The Morgan fingerprint density at radius 1 is 1.20 bits per heavy atom. The average Bonchev–Trinajstić information content (AvgIpc) is 3.06. The van der Waals surface area contributed by atoms with Crippen LogP contribution >= 0.6 is 0 Å². The molecule has 7 nitrogen and oxygen atoms in total. The molecule has 0 bridgehead atoms. The molecule has 1 aromatic heterocycles. The molecule has 3 rings (SSSR count). The van der Waals surface area contributed by atoms with Crippen molar-refractivity contribution < 1.29 is 14.0 Å². The van der Waals surface area contributed by atoms with Gasteiger partial charge in [0.25, 0.3) is 5.91 Å². The molecule has 0 spiro atoms. The van der Waals surface area contributed by atoms with Crippen LogP contribution in [0.25, 0.3) is 0 Å². The van der Waals surface area contributed by atoms with Crippen molar-refractivity contribution >= 4 is 17.5 Å². The van der Waals surface area contributed by atoms with Gasteiger partial charge in [0.2, 0.25) is 5.91 Å². The Balaban J connectivity index is 1.84. The minimum absolute atomic E-state index is 0.229. The first-order valence-electron chi connectivity index (χ1n) is 8.02. The van der Waals surface area contributed by atoms with Crippen molar-refractivity contribution in [3.05, 3.63) is 48.0 Å². The largest absolute Gasteiger partial charge is 0.367 e. The second-order valence-corrected chi connectivity index (χ2v) is 5.89. The summed E-state index contributed by atoms with van der Waals surface area (Å²) in [6.07, 6.45) is 1.55. The summed E-state index contributed by atoms with van der Waals surface area (Å²) >= 11 is 0. The topological polar surface area (TPSA) is 70.5 Å². The maximum Gasteiger partial charge on any atom is 0.272 e. The fourth-order valence-electron chi connectivity index (χ4n) is 3.03. The van der Waals surface area contributed by atoms with E-state index in [0.717, 1.165) is 5.69 Å². The van der Waals surface area contributed by atoms with Crippen molar-refractivity contribution in [1.29, 1.82) is 0 Å². The van der Waals surface area contributed by atoms with Gasteiger partial charge in [0.05, 0.1) is 0 Å². The number of benzene rings is 1. The third-order valence-electron chi connectivity index (χ3n) is 4.42. The number of nitrogens with one attached hydrogen (secondary N) is 1. The van der Waals surface area contributed by atoms with E-state index >= 15 is 0 Å². The third-order valence-corrected chi connectivity index (χ3v) is 4.42. The molecule has 1 saturated heterocycles. The highest BCUT2D eigenvalue weighted by molar-refractivity contribution is 5.96. The summed E-state index contributed by atoms with van der Waals surface area (Å²) in [7, 11) is 3.24. The van der Waals surface area contributed by atoms with Gasteiger partial charge in [-0.1, -0.05) is 0 Å². The summed E-state index contributed by atoms with van der Waals surface area (Å²) in [6, 6.07) is 7.12. The standard InChI is InChI=1S/C17H20FN5O2/c1-19-16(24)15-11-22(13-5-3-12(18)4-6-13)9-10-23(15)17(25)14-7-8-20-21(14)2/h3-8,15H,9-11H2,1-2H3,(H,19,24). The number of piperazine rings is 1. The van der Waals surface area contributed by atoms with Crippen LogP contribution in [0.5, 0.6) is 0 Å². The first-order valence-corrected chi connectivity index (χ1v) is 8.02. The molecule has 1 aliphatic heterocycles. The van der Waals surface area contributed by atoms with E-state index < -0.39 is 6.04 Å². The summed E-state index contributed by atoms with van der Waals surface area (Å²) < 4.78 is 14.6. The van der Waals surface area contributed by atoms with Crippen LogP contribution in [0.15, 0.2) is 36.5 Å². The first kappa shape index (κ1) is 16.9. The predicted molar refractivity (Wildman–Crippen MR) is 90.7 cm³/mol. The Kier molecular flexibility index (Phi) is 4.69. The van der Waals surface area contributed by atoms with E-state index in [1.807, 2.05) is 4.90 Å². The molecule has 0 aliphatic carbocycles. The Morgan fingerprint density at radius 3 is 2.52 bits per heavy atom. The van der Waals surface area contributed by atoms with Gasteiger partial charge < -0.3 is 15.1 Å². The Morgan fingerprint density at radius 2 is 1.92 bits per heavy atom.